The van der Waals surface area contributed by atoms with Gasteiger partial charge in [-0.05, 0) is 75.8 Å². The summed E-state index contributed by atoms with van der Waals surface area (Å²) in [5.74, 6) is -1.48. The predicted molar refractivity (Wildman–Crippen MR) is 192 cm³/mol. The molecule has 0 aliphatic carbocycles. The molecule has 0 fully saturated rings. The Morgan fingerprint density at radius 3 is 1.62 bits per heavy atom. The largest absolute Gasteiger partial charge is 1.00 e. The van der Waals surface area contributed by atoms with Gasteiger partial charge in [0.15, 0.2) is 0 Å². The molecule has 0 heterocycles. The number of nitrogen functional groups attached to an aromatic ring is 1. The van der Waals surface area contributed by atoms with E-state index in [9.17, 15) is 49.1 Å². The number of fused-ring (bicyclic) bond motifs is 2. The third-order valence-corrected chi connectivity index (χ3v) is 10.7. The van der Waals surface area contributed by atoms with Crippen molar-refractivity contribution in [2.75, 3.05) is 20.0 Å². The van der Waals surface area contributed by atoms with Gasteiger partial charge in [0.1, 0.15) is 42.8 Å². The minimum Gasteiger partial charge on any atom is -0.871 e. The third-order valence-electron chi connectivity index (χ3n) is 8.13. The first-order valence-electron chi connectivity index (χ1n) is 15.2. The van der Waals surface area contributed by atoms with E-state index < -0.39 is 67.9 Å². The van der Waals surface area contributed by atoms with Gasteiger partial charge in [-0.1, -0.05) is 47.9 Å². The zero-order valence-corrected chi connectivity index (χ0v) is 37.5. The number of rotatable bonds is 10. The van der Waals surface area contributed by atoms with Gasteiger partial charge in [-0.2, -0.15) is 21.9 Å². The molecule has 0 radical (unpaired) electrons. The molecule has 6 aromatic carbocycles. The first-order chi connectivity index (χ1) is 25.8. The third kappa shape index (κ3) is 10.0. The van der Waals surface area contributed by atoms with Crippen molar-refractivity contribution < 1.29 is 137 Å². The molecule has 0 atom stereocenters. The van der Waals surface area contributed by atoms with E-state index in [1.165, 1.54) is 56.7 Å². The normalized spacial score (nSPS) is 11.9. The van der Waals surface area contributed by atoms with Gasteiger partial charge in [-0.3, -0.25) is 9.11 Å². The van der Waals surface area contributed by atoms with Gasteiger partial charge in [-0.15, -0.1) is 15.3 Å². The van der Waals surface area contributed by atoms with Crippen molar-refractivity contribution in [1.29, 1.82) is 0 Å². The van der Waals surface area contributed by atoms with Crippen LogP contribution in [0.2, 0.25) is 0 Å². The quantitative estimate of drug-likeness (QED) is 0.0525. The molecule has 58 heavy (non-hydrogen) atoms. The van der Waals surface area contributed by atoms with Crippen molar-refractivity contribution in [2.45, 2.75) is 14.7 Å². The summed E-state index contributed by atoms with van der Waals surface area (Å²) in [7, 11) is -12.3. The Hall–Kier alpha value is -3.63. The van der Waals surface area contributed by atoms with Crippen LogP contribution in [0.25, 0.3) is 32.7 Å². The molecule has 0 bridgehead atoms. The molecular formula is C34H24LiN5Na2O13S3. The van der Waals surface area contributed by atoms with Crippen molar-refractivity contribution in [3.05, 3.63) is 84.9 Å². The molecule has 0 amide bonds. The summed E-state index contributed by atoms with van der Waals surface area (Å²) in [6.07, 6.45) is 0. The van der Waals surface area contributed by atoms with Crippen LogP contribution in [0.5, 0.6) is 23.0 Å². The topological polar surface area (TPSA) is 306 Å². The second-order valence-corrected chi connectivity index (χ2v) is 15.7. The summed E-state index contributed by atoms with van der Waals surface area (Å²) in [6, 6.07) is 18.1. The predicted octanol–water partition coefficient (Wildman–Crippen LogP) is -3.35. The number of hydrogen-bond acceptors (Lipinski definition) is 16. The summed E-state index contributed by atoms with van der Waals surface area (Å²) in [4.78, 5) is -2.37. The Bertz CT molecular complexity index is 2990. The van der Waals surface area contributed by atoms with Gasteiger partial charge in [0.05, 0.1) is 30.5 Å². The van der Waals surface area contributed by atoms with Crippen LogP contribution in [0.15, 0.2) is 120 Å². The number of nitrogens with two attached hydrogens (primary N) is 1. The average Bonchev–Trinajstić information content (AvgIpc) is 3.12. The van der Waals surface area contributed by atoms with E-state index in [0.717, 1.165) is 24.3 Å². The smallest absolute Gasteiger partial charge is 0.871 e. The maximum Gasteiger partial charge on any atom is 1.00 e. The van der Waals surface area contributed by atoms with Crippen LogP contribution >= 0.6 is 0 Å². The van der Waals surface area contributed by atoms with Crippen LogP contribution in [0, 0.1) is 0 Å². The number of nitrogens with zero attached hydrogens (tertiary/aromatic N) is 4. The molecule has 18 nitrogen and oxygen atoms in total. The number of hydrogen-bond donors (Lipinski definition) is 3. The van der Waals surface area contributed by atoms with Crippen LogP contribution in [0.4, 0.5) is 28.4 Å². The molecule has 0 aliphatic heterocycles. The first-order valence-corrected chi connectivity index (χ1v) is 19.5. The maximum absolute atomic E-state index is 13.4. The Morgan fingerprint density at radius 1 is 0.621 bits per heavy atom. The van der Waals surface area contributed by atoms with Crippen LogP contribution in [0.3, 0.4) is 0 Å². The van der Waals surface area contributed by atoms with E-state index in [-0.39, 0.29) is 128 Å². The van der Waals surface area contributed by atoms with E-state index >= 15 is 0 Å². The number of methoxy groups -OCH3 is 2. The van der Waals surface area contributed by atoms with Crippen molar-refractivity contribution in [3.63, 3.8) is 0 Å². The fourth-order valence-electron chi connectivity index (χ4n) is 5.59. The minimum absolute atomic E-state index is 0. The summed E-state index contributed by atoms with van der Waals surface area (Å²) in [5, 5.41) is 41.5. The van der Waals surface area contributed by atoms with Gasteiger partial charge in [0, 0.05) is 11.1 Å². The maximum atomic E-state index is 13.4. The Labute approximate surface area is 387 Å². The van der Waals surface area contributed by atoms with Gasteiger partial charge in [-0.25, -0.2) is 8.42 Å². The van der Waals surface area contributed by atoms with E-state index in [2.05, 4.69) is 20.5 Å². The standard InChI is InChI=1S/C34H27N5O13S3.Li.2Na/c1-51-27-12-17(7-9-24(27)36-38-26-16-29(54(45,46)47)21-5-3-4-6-22(21)33(26)40)18-8-10-25(28(13-18)52-2)37-39-32-30(55(48,49)50)14-19-11-20(53(42,43)44)15-23(35)31(19)34(32)41;;;/h3-16,40-41H,35H2,1-2H3,(H,42,43,44)(H,45,46,47)(H,48,49,50);;;/q;3*+1/p-3. The summed E-state index contributed by atoms with van der Waals surface area (Å²) >= 11 is 0. The molecule has 24 heteroatoms. The Balaban J connectivity index is 0.00000300. The number of ether oxygens (including phenoxy) is 2. The van der Waals surface area contributed by atoms with E-state index in [0.29, 0.717) is 11.1 Å². The van der Waals surface area contributed by atoms with E-state index in [1.54, 1.807) is 18.2 Å². The zero-order chi connectivity index (χ0) is 40.0. The SMILES string of the molecule is COc1cc(-c2ccc(N=Nc3c(S(=O)(=O)O)cc4cc(S(=O)(=O)[O-])cc(N)c4c3[O-])c(OC)c2)ccc1N=Nc1cc(S(=O)(=O)O)c2ccccc2c1[O-].[Li+].[Na+].[Na+]. The van der Waals surface area contributed by atoms with Crippen LogP contribution in [-0.2, 0) is 30.4 Å². The van der Waals surface area contributed by atoms with Gasteiger partial charge in [0.2, 0.25) is 0 Å². The molecule has 4 N–H and O–H groups in total. The number of azo groups is 2. The Morgan fingerprint density at radius 2 is 1.12 bits per heavy atom. The molecule has 284 valence electrons. The second kappa shape index (κ2) is 18.7. The average molecular weight is 860 g/mol. The van der Waals surface area contributed by atoms with Crippen molar-refractivity contribution in [2.24, 2.45) is 20.5 Å². The molecule has 6 aromatic rings. The zero-order valence-electron chi connectivity index (χ0n) is 31.1. The van der Waals surface area contributed by atoms with Crippen molar-refractivity contribution in [1.82, 2.24) is 0 Å². The Kier molecular flexibility index (Phi) is 15.7. The monoisotopic (exact) mass is 859 g/mol. The van der Waals surface area contributed by atoms with Crippen LogP contribution < -0.4 is 103 Å². The van der Waals surface area contributed by atoms with Gasteiger partial charge < -0.3 is 30.0 Å². The van der Waals surface area contributed by atoms with Gasteiger partial charge in [0.25, 0.3) is 20.2 Å². The number of benzene rings is 6. The van der Waals surface area contributed by atoms with Crippen LogP contribution in [-0.4, -0.2) is 53.1 Å². The summed E-state index contributed by atoms with van der Waals surface area (Å²) < 4.78 is 114. The summed E-state index contributed by atoms with van der Waals surface area (Å²) in [6.45, 7) is 0. The molecule has 0 saturated carbocycles. The molecule has 0 spiro atoms. The fourth-order valence-corrected chi connectivity index (χ4v) is 7.50. The van der Waals surface area contributed by atoms with E-state index in [1.807, 2.05) is 0 Å². The van der Waals surface area contributed by atoms with Crippen molar-refractivity contribution in [3.8, 4) is 34.1 Å². The molecule has 6 rings (SSSR count). The molecule has 0 saturated heterocycles. The molecular weight excluding hydrogens is 836 g/mol. The summed E-state index contributed by atoms with van der Waals surface area (Å²) in [5.41, 5.74) is 5.40. The van der Waals surface area contributed by atoms with Crippen molar-refractivity contribution >= 4 is 80.3 Å². The molecule has 0 aliphatic rings. The minimum atomic E-state index is -5.15. The fraction of sp³-hybridized carbons (Fsp3) is 0.0588. The van der Waals surface area contributed by atoms with Gasteiger partial charge >= 0.3 is 78.0 Å². The number of anilines is 1. The molecule has 0 aromatic heterocycles. The second-order valence-electron chi connectivity index (χ2n) is 11.5. The first kappa shape index (κ1) is 48.7. The van der Waals surface area contributed by atoms with Crippen LogP contribution in [0.1, 0.15) is 0 Å². The molecule has 0 unspecified atom stereocenters. The van der Waals surface area contributed by atoms with E-state index in [4.69, 9.17) is 15.2 Å².